The number of tetrazole rings is 2. The molecular weight excluding hydrogens is 928 g/mol. The van der Waals surface area contributed by atoms with Crippen LogP contribution in [0.15, 0.2) is 182 Å². The van der Waals surface area contributed by atoms with Crippen molar-refractivity contribution in [3.05, 3.63) is 182 Å². The zero-order valence-electron chi connectivity index (χ0n) is 37.5. The molecule has 16 heteroatoms. The first-order valence-corrected chi connectivity index (χ1v) is 21.9. The lowest BCUT2D eigenvalue weighted by atomic mass is 10.0. The van der Waals surface area contributed by atoms with E-state index in [1.165, 1.54) is 0 Å². The smallest absolute Gasteiger partial charge is 0.340 e. The minimum Gasteiger partial charge on any atom is -1.00 e. The van der Waals surface area contributed by atoms with E-state index in [9.17, 15) is 0 Å². The Morgan fingerprint density at radius 2 is 0.729 bits per heavy atom. The third kappa shape index (κ3) is 8.35. The molecule has 2 aliphatic rings. The van der Waals surface area contributed by atoms with Crippen LogP contribution in [0, 0.1) is 0 Å². The zero-order valence-corrected chi connectivity index (χ0v) is 39.0. The molecule has 0 amide bonds. The van der Waals surface area contributed by atoms with Crippen molar-refractivity contribution in [2.75, 3.05) is 27.8 Å². The van der Waals surface area contributed by atoms with Crippen molar-refractivity contribution in [3.8, 4) is 113 Å². The summed E-state index contributed by atoms with van der Waals surface area (Å²) in [5, 5.41) is 20.1. The maximum absolute atomic E-state index is 6.08. The van der Waals surface area contributed by atoms with Crippen LogP contribution in [0.5, 0.6) is 34.5 Å². The van der Waals surface area contributed by atoms with Gasteiger partial charge >= 0.3 is 11.6 Å². The third-order valence-electron chi connectivity index (χ3n) is 11.9. The second kappa shape index (κ2) is 19.1. The fourth-order valence-electron chi connectivity index (χ4n) is 8.39. The van der Waals surface area contributed by atoms with Gasteiger partial charge in [-0.15, -0.1) is 0 Å². The van der Waals surface area contributed by atoms with E-state index in [1.807, 2.05) is 158 Å². The van der Waals surface area contributed by atoms with Gasteiger partial charge in [-0.3, -0.25) is 0 Å². The van der Waals surface area contributed by atoms with Gasteiger partial charge in [0.1, 0.15) is 11.4 Å². The number of halogens is 2. The predicted molar refractivity (Wildman–Crippen MR) is 252 cm³/mol. The van der Waals surface area contributed by atoms with Crippen LogP contribution in [0.4, 0.5) is 0 Å². The molecule has 0 spiro atoms. The zero-order chi connectivity index (χ0) is 45.6. The van der Waals surface area contributed by atoms with Gasteiger partial charge in [-0.1, -0.05) is 72.8 Å². The second-order valence-corrected chi connectivity index (χ2v) is 15.9. The van der Waals surface area contributed by atoms with Gasteiger partial charge < -0.3 is 53.2 Å². The Morgan fingerprint density at radius 3 is 1.13 bits per heavy atom. The van der Waals surface area contributed by atoms with E-state index in [0.717, 1.165) is 78.9 Å². The first-order chi connectivity index (χ1) is 33.6. The maximum Gasteiger partial charge on any atom is 0.340 e. The quantitative estimate of drug-likeness (QED) is 0.179. The van der Waals surface area contributed by atoms with Crippen molar-refractivity contribution < 1.29 is 62.8 Å². The van der Waals surface area contributed by atoms with Gasteiger partial charge in [0.2, 0.25) is 25.0 Å². The van der Waals surface area contributed by atoms with Crippen LogP contribution in [0.25, 0.3) is 78.9 Å². The molecule has 70 heavy (non-hydrogen) atoms. The van der Waals surface area contributed by atoms with Crippen LogP contribution in [0.2, 0.25) is 0 Å². The predicted octanol–water partition coefficient (Wildman–Crippen LogP) is 3.22. The number of benzene rings is 8. The average Bonchev–Trinajstić information content (AvgIpc) is 4.26. The lowest BCUT2D eigenvalue weighted by molar-refractivity contribution is -0.734. The van der Waals surface area contributed by atoms with Gasteiger partial charge in [0.25, 0.3) is 0 Å². The van der Waals surface area contributed by atoms with E-state index in [4.69, 9.17) is 48.8 Å². The molecule has 10 aromatic rings. The van der Waals surface area contributed by atoms with Crippen molar-refractivity contribution in [1.29, 1.82) is 0 Å². The SMILES string of the molecule is COc1cc(-c2ccc(-[n+]3nc(-c4ccc(-c5ccc6c(c5)OCO6)cc4)nn3-c3ccccc3)c(OC)c2)ccc1-[n+]1nc(-c2ccc(-c3ccc4c(c3)OCO4)cc2)nn1-c1ccccc1.[Cl-].[Cl-]. The topological polar surface area (TPSA) is 125 Å². The number of rotatable bonds is 11. The standard InChI is InChI=1S/C54H40N8O6.2ClH/c1-63-49-29-41(21-25-45(49)61-57-53(55-59(61)43-9-5-3-6-10-43)37-17-13-35(14-18-37)39-23-27-47-51(31-39)67-33-65-47)42-22-26-46(50(30-42)64-2)62-58-54(56-60(62)44-11-7-4-8-12-44)38-19-15-36(16-20-38)40-24-28-48-52(32-40)68-34-66-48;;/h3-32H,33-34H2,1-2H3;2*1H/q+2;;/p-2. The van der Waals surface area contributed by atoms with Gasteiger partial charge in [0, 0.05) is 9.59 Å². The molecule has 0 bridgehead atoms. The third-order valence-corrected chi connectivity index (χ3v) is 11.9. The molecule has 0 unspecified atom stereocenters. The molecule has 0 saturated heterocycles. The number of hydrogen-bond donors (Lipinski definition) is 0. The number of fused-ring (bicyclic) bond motifs is 2. The fourth-order valence-corrected chi connectivity index (χ4v) is 8.39. The van der Waals surface area contributed by atoms with E-state index < -0.39 is 0 Å². The largest absolute Gasteiger partial charge is 1.00 e. The fraction of sp³-hybridized carbons (Fsp3) is 0.0741. The Hall–Kier alpha value is -8.72. The van der Waals surface area contributed by atoms with Crippen LogP contribution in [0.3, 0.4) is 0 Å². The molecule has 0 atom stereocenters. The van der Waals surface area contributed by atoms with Crippen LogP contribution in [0.1, 0.15) is 0 Å². The highest BCUT2D eigenvalue weighted by Gasteiger charge is 2.29. The number of hydrogen-bond acceptors (Lipinski definition) is 10. The first-order valence-electron chi connectivity index (χ1n) is 21.9. The van der Waals surface area contributed by atoms with Crippen LogP contribution < -0.4 is 62.8 Å². The molecular formula is C54H40Cl2N8O6. The summed E-state index contributed by atoms with van der Waals surface area (Å²) in [7, 11) is 3.31. The molecule has 14 nitrogen and oxygen atoms in total. The monoisotopic (exact) mass is 966 g/mol. The Balaban J connectivity index is 0.00000284. The Morgan fingerprint density at radius 1 is 0.386 bits per heavy atom. The Kier molecular flexibility index (Phi) is 12.3. The van der Waals surface area contributed by atoms with Crippen molar-refractivity contribution in [2.24, 2.45) is 0 Å². The molecule has 0 saturated carbocycles. The summed E-state index contributed by atoms with van der Waals surface area (Å²) in [6, 6.07) is 60.0. The Bertz CT molecular complexity index is 3270. The van der Waals surface area contributed by atoms with Gasteiger partial charge in [0.05, 0.1) is 35.5 Å². The Labute approximate surface area is 414 Å². The lowest BCUT2D eigenvalue weighted by Gasteiger charge is -2.11. The van der Waals surface area contributed by atoms with Gasteiger partial charge in [-0.05, 0) is 162 Å². The molecule has 0 N–H and O–H groups in total. The summed E-state index contributed by atoms with van der Waals surface area (Å²) in [4.78, 5) is 7.08. The number of para-hydroxylation sites is 2. The van der Waals surface area contributed by atoms with Crippen molar-refractivity contribution >= 4 is 0 Å². The summed E-state index contributed by atoms with van der Waals surface area (Å²) >= 11 is 0. The van der Waals surface area contributed by atoms with Crippen molar-refractivity contribution in [3.63, 3.8) is 0 Å². The number of ether oxygens (including phenoxy) is 6. The minimum atomic E-state index is 0. The second-order valence-electron chi connectivity index (χ2n) is 15.9. The number of methoxy groups -OCH3 is 2. The molecule has 4 heterocycles. The molecule has 12 rings (SSSR count). The average molecular weight is 968 g/mol. The van der Waals surface area contributed by atoms with Crippen molar-refractivity contribution in [1.82, 2.24) is 30.0 Å². The van der Waals surface area contributed by atoms with E-state index >= 15 is 0 Å². The summed E-state index contributed by atoms with van der Waals surface area (Å²) in [5.74, 6) is 5.25. The molecule has 0 radical (unpaired) electrons. The highest BCUT2D eigenvalue weighted by atomic mass is 35.5. The molecule has 0 aliphatic carbocycles. The minimum absolute atomic E-state index is 0. The number of aromatic nitrogens is 8. The summed E-state index contributed by atoms with van der Waals surface area (Å²) in [5.41, 5.74) is 10.7. The van der Waals surface area contributed by atoms with E-state index in [1.54, 1.807) is 33.4 Å². The van der Waals surface area contributed by atoms with Gasteiger partial charge in [0.15, 0.2) is 34.5 Å². The highest BCUT2D eigenvalue weighted by molar-refractivity contribution is 5.73. The van der Waals surface area contributed by atoms with Crippen LogP contribution in [-0.2, 0) is 0 Å². The van der Waals surface area contributed by atoms with E-state index in [2.05, 4.69) is 24.3 Å². The van der Waals surface area contributed by atoms with Crippen molar-refractivity contribution in [2.45, 2.75) is 0 Å². The molecule has 346 valence electrons. The highest BCUT2D eigenvalue weighted by Crippen LogP contribution is 2.38. The van der Waals surface area contributed by atoms with Gasteiger partial charge in [-0.2, -0.15) is 0 Å². The normalized spacial score (nSPS) is 12.0. The maximum atomic E-state index is 6.08. The summed E-state index contributed by atoms with van der Waals surface area (Å²) < 4.78 is 34.4. The lowest BCUT2D eigenvalue weighted by Crippen LogP contribution is -3.00. The number of nitrogens with zero attached hydrogens (tertiary/aromatic N) is 8. The molecule has 2 aliphatic heterocycles. The molecule has 8 aromatic carbocycles. The summed E-state index contributed by atoms with van der Waals surface area (Å²) in [6.07, 6.45) is 0. The molecule has 2 aromatic heterocycles. The summed E-state index contributed by atoms with van der Waals surface area (Å²) in [6.45, 7) is 0.460. The first kappa shape index (κ1) is 45.1. The van der Waals surface area contributed by atoms with E-state index in [-0.39, 0.29) is 38.4 Å². The van der Waals surface area contributed by atoms with Crippen LogP contribution in [-0.4, -0.2) is 57.8 Å². The molecule has 0 fully saturated rings. The van der Waals surface area contributed by atoms with Gasteiger partial charge in [-0.25, -0.2) is 0 Å². The van der Waals surface area contributed by atoms with E-state index in [0.29, 0.717) is 34.5 Å². The van der Waals surface area contributed by atoms with Crippen LogP contribution >= 0.6 is 0 Å².